The van der Waals surface area contributed by atoms with Crippen molar-refractivity contribution >= 4 is 17.1 Å². The highest BCUT2D eigenvalue weighted by molar-refractivity contribution is 5.92. The first-order valence-electron chi connectivity index (χ1n) is 5.29. The molecule has 0 fully saturated rings. The van der Waals surface area contributed by atoms with Crippen molar-refractivity contribution in [3.05, 3.63) is 48.7 Å². The molecule has 88 valence electrons. The predicted octanol–water partition coefficient (Wildman–Crippen LogP) is 0.914. The molecule has 0 saturated heterocycles. The molecule has 3 rings (SSSR count). The van der Waals surface area contributed by atoms with Gasteiger partial charge in [0.05, 0.1) is 6.20 Å². The highest BCUT2D eigenvalue weighted by atomic mass is 16.1. The van der Waals surface area contributed by atoms with E-state index in [1.54, 1.807) is 36.8 Å². The van der Waals surface area contributed by atoms with Crippen molar-refractivity contribution in [1.29, 1.82) is 0 Å². The summed E-state index contributed by atoms with van der Waals surface area (Å²) in [6.45, 7) is 0. The molecule has 2 N–H and O–H groups in total. The van der Waals surface area contributed by atoms with Crippen molar-refractivity contribution in [2.45, 2.75) is 0 Å². The Morgan fingerprint density at radius 1 is 1.17 bits per heavy atom. The molecule has 0 aliphatic heterocycles. The third-order valence-corrected chi connectivity index (χ3v) is 2.64. The van der Waals surface area contributed by atoms with Gasteiger partial charge in [0.25, 0.3) is 0 Å². The van der Waals surface area contributed by atoms with Crippen LogP contribution in [-0.2, 0) is 0 Å². The van der Waals surface area contributed by atoms with Crippen LogP contribution < -0.4 is 5.73 Å². The molecule has 1 amide bonds. The van der Waals surface area contributed by atoms with Crippen molar-refractivity contribution in [2.75, 3.05) is 0 Å². The van der Waals surface area contributed by atoms with Crippen molar-refractivity contribution in [1.82, 2.24) is 19.5 Å². The van der Waals surface area contributed by atoms with Gasteiger partial charge in [-0.1, -0.05) is 0 Å². The number of carbonyl (C=O) groups excluding carboxylic acids is 1. The largest absolute Gasteiger partial charge is 0.366 e. The van der Waals surface area contributed by atoms with Gasteiger partial charge in [0.15, 0.2) is 5.65 Å². The first kappa shape index (κ1) is 10.4. The van der Waals surface area contributed by atoms with Gasteiger partial charge in [0, 0.05) is 11.3 Å². The van der Waals surface area contributed by atoms with Crippen LogP contribution in [0.15, 0.2) is 43.1 Å². The zero-order chi connectivity index (χ0) is 12.5. The summed E-state index contributed by atoms with van der Waals surface area (Å²) in [5.74, 6) is -0.445. The molecule has 0 atom stereocenters. The maximum Gasteiger partial charge on any atom is 0.248 e. The lowest BCUT2D eigenvalue weighted by molar-refractivity contribution is 0.100. The van der Waals surface area contributed by atoms with Gasteiger partial charge in [-0.05, 0) is 24.3 Å². The summed E-state index contributed by atoms with van der Waals surface area (Å²) >= 11 is 0. The Morgan fingerprint density at radius 2 is 1.94 bits per heavy atom. The fraction of sp³-hybridized carbons (Fsp3) is 0. The predicted molar refractivity (Wildman–Crippen MR) is 65.2 cm³/mol. The minimum absolute atomic E-state index is 0.445. The Kier molecular flexibility index (Phi) is 2.26. The summed E-state index contributed by atoms with van der Waals surface area (Å²) in [5, 5.41) is 0. The van der Waals surface area contributed by atoms with E-state index in [4.69, 9.17) is 5.73 Å². The van der Waals surface area contributed by atoms with Gasteiger partial charge < -0.3 is 5.73 Å². The molecule has 1 aromatic carbocycles. The first-order chi connectivity index (χ1) is 8.75. The smallest absolute Gasteiger partial charge is 0.248 e. The molecule has 0 aliphatic rings. The van der Waals surface area contributed by atoms with Gasteiger partial charge in [-0.15, -0.1) is 0 Å². The number of benzene rings is 1. The Bertz CT molecular complexity index is 717. The third-order valence-electron chi connectivity index (χ3n) is 2.64. The number of aromatic nitrogens is 4. The topological polar surface area (TPSA) is 86.7 Å². The van der Waals surface area contributed by atoms with Crippen LogP contribution in [0.1, 0.15) is 10.4 Å². The summed E-state index contributed by atoms with van der Waals surface area (Å²) in [4.78, 5) is 23.3. The molecule has 0 spiro atoms. The summed E-state index contributed by atoms with van der Waals surface area (Å²) in [6, 6.07) is 6.93. The summed E-state index contributed by atoms with van der Waals surface area (Å²) in [5.41, 5.74) is 7.97. The quantitative estimate of drug-likeness (QED) is 0.720. The number of rotatable bonds is 2. The summed E-state index contributed by atoms with van der Waals surface area (Å²) in [7, 11) is 0. The van der Waals surface area contributed by atoms with Crippen LogP contribution in [0.2, 0.25) is 0 Å². The minimum Gasteiger partial charge on any atom is -0.366 e. The summed E-state index contributed by atoms with van der Waals surface area (Å²) in [6.07, 6.45) is 4.79. The molecule has 0 bridgehead atoms. The van der Waals surface area contributed by atoms with Crippen molar-refractivity contribution in [3.8, 4) is 5.69 Å². The minimum atomic E-state index is -0.445. The number of primary amides is 1. The van der Waals surface area contributed by atoms with Crippen LogP contribution in [0.5, 0.6) is 0 Å². The molecule has 6 nitrogen and oxygen atoms in total. The second-order valence-corrected chi connectivity index (χ2v) is 3.76. The van der Waals surface area contributed by atoms with E-state index in [2.05, 4.69) is 15.0 Å². The number of amides is 1. The zero-order valence-electron chi connectivity index (χ0n) is 9.32. The van der Waals surface area contributed by atoms with Crippen LogP contribution in [0, 0.1) is 0 Å². The number of fused-ring (bicyclic) bond motifs is 1. The number of hydrogen-bond donors (Lipinski definition) is 1. The second-order valence-electron chi connectivity index (χ2n) is 3.76. The van der Waals surface area contributed by atoms with E-state index in [0.29, 0.717) is 5.56 Å². The van der Waals surface area contributed by atoms with E-state index in [9.17, 15) is 4.79 Å². The number of nitrogens with zero attached hydrogens (tertiary/aromatic N) is 4. The average molecular weight is 239 g/mol. The molecule has 0 aliphatic carbocycles. The van der Waals surface area contributed by atoms with Crippen LogP contribution >= 0.6 is 0 Å². The molecule has 2 heterocycles. The SMILES string of the molecule is NC(=O)c1ccc(-n2cnc3cncnc32)cc1. The van der Waals surface area contributed by atoms with Crippen LogP contribution in [0.4, 0.5) is 0 Å². The highest BCUT2D eigenvalue weighted by Gasteiger charge is 2.06. The van der Waals surface area contributed by atoms with Crippen LogP contribution in [0.3, 0.4) is 0 Å². The maximum atomic E-state index is 11.0. The van der Waals surface area contributed by atoms with Gasteiger partial charge in [-0.3, -0.25) is 9.36 Å². The van der Waals surface area contributed by atoms with E-state index in [1.165, 1.54) is 6.33 Å². The molecule has 0 saturated carbocycles. The molecule has 6 heteroatoms. The number of carbonyl (C=O) groups is 1. The lowest BCUT2D eigenvalue weighted by Gasteiger charge is -2.03. The lowest BCUT2D eigenvalue weighted by Crippen LogP contribution is -2.10. The Balaban J connectivity index is 2.12. The van der Waals surface area contributed by atoms with Crippen molar-refractivity contribution in [3.63, 3.8) is 0 Å². The standard InChI is InChI=1S/C12H9N5O/c13-11(18)8-1-3-9(4-2-8)17-7-16-10-5-14-6-15-12(10)17/h1-7H,(H2,13,18). The van der Waals surface area contributed by atoms with E-state index < -0.39 is 5.91 Å². The Labute approximate surface area is 102 Å². The van der Waals surface area contributed by atoms with Crippen molar-refractivity contribution in [2.24, 2.45) is 5.73 Å². The van der Waals surface area contributed by atoms with E-state index in [0.717, 1.165) is 16.9 Å². The fourth-order valence-corrected chi connectivity index (χ4v) is 1.74. The summed E-state index contributed by atoms with van der Waals surface area (Å²) < 4.78 is 1.82. The Hall–Kier alpha value is -2.76. The van der Waals surface area contributed by atoms with Gasteiger partial charge in [0.2, 0.25) is 5.91 Å². The van der Waals surface area contributed by atoms with E-state index in [1.807, 2.05) is 4.57 Å². The normalized spacial score (nSPS) is 10.7. The molecule has 2 aromatic heterocycles. The molecular formula is C12H9N5O. The first-order valence-corrected chi connectivity index (χ1v) is 5.29. The van der Waals surface area contributed by atoms with Crippen LogP contribution in [0.25, 0.3) is 16.9 Å². The van der Waals surface area contributed by atoms with E-state index >= 15 is 0 Å². The second kappa shape index (κ2) is 3.92. The lowest BCUT2D eigenvalue weighted by atomic mass is 10.2. The highest BCUT2D eigenvalue weighted by Crippen LogP contribution is 2.15. The monoisotopic (exact) mass is 239 g/mol. The average Bonchev–Trinajstić information content (AvgIpc) is 2.82. The molecule has 18 heavy (non-hydrogen) atoms. The Morgan fingerprint density at radius 3 is 2.67 bits per heavy atom. The molecular weight excluding hydrogens is 230 g/mol. The number of imidazole rings is 1. The van der Waals surface area contributed by atoms with Gasteiger partial charge in [0.1, 0.15) is 18.2 Å². The maximum absolute atomic E-state index is 11.0. The zero-order valence-corrected chi connectivity index (χ0v) is 9.32. The van der Waals surface area contributed by atoms with Crippen LogP contribution in [-0.4, -0.2) is 25.4 Å². The molecule has 0 radical (unpaired) electrons. The van der Waals surface area contributed by atoms with E-state index in [-0.39, 0.29) is 0 Å². The fourth-order valence-electron chi connectivity index (χ4n) is 1.74. The molecule has 3 aromatic rings. The van der Waals surface area contributed by atoms with Gasteiger partial charge in [-0.2, -0.15) is 0 Å². The molecule has 0 unspecified atom stereocenters. The van der Waals surface area contributed by atoms with Gasteiger partial charge >= 0.3 is 0 Å². The number of nitrogens with two attached hydrogens (primary N) is 1. The van der Waals surface area contributed by atoms with Gasteiger partial charge in [-0.25, -0.2) is 15.0 Å². The number of hydrogen-bond acceptors (Lipinski definition) is 4. The van der Waals surface area contributed by atoms with Crippen molar-refractivity contribution < 1.29 is 4.79 Å². The third kappa shape index (κ3) is 1.60.